The van der Waals surface area contributed by atoms with E-state index in [9.17, 15) is 4.79 Å². The molecule has 0 saturated heterocycles. The van der Waals surface area contributed by atoms with Gasteiger partial charge in [0, 0.05) is 44.2 Å². The van der Waals surface area contributed by atoms with E-state index in [4.69, 9.17) is 4.74 Å². The fourth-order valence-electron chi connectivity index (χ4n) is 1.01. The maximum Gasteiger partial charge on any atom is 0.296 e. The van der Waals surface area contributed by atoms with Gasteiger partial charge in [-0.05, 0) is 0 Å². The maximum atomic E-state index is 9.74. The molecule has 2 rings (SSSR count). The molecule has 2 aromatic rings. The van der Waals surface area contributed by atoms with Crippen molar-refractivity contribution in [2.45, 2.75) is 27.7 Å². The molecule has 0 bridgehead atoms. The second-order valence-corrected chi connectivity index (χ2v) is 2.89. The van der Waals surface area contributed by atoms with Gasteiger partial charge in [0.25, 0.3) is 6.47 Å². The Morgan fingerprint density at radius 1 is 0.818 bits per heavy atom. The van der Waals surface area contributed by atoms with Crippen molar-refractivity contribution in [3.8, 4) is 11.5 Å². The summed E-state index contributed by atoms with van der Waals surface area (Å²) >= 11 is 0. The molecule has 0 amide bonds. The normalized spacial score (nSPS) is 7.14. The molecule has 3 nitrogen and oxygen atoms in total. The van der Waals surface area contributed by atoms with E-state index in [-0.39, 0.29) is 32.7 Å². The zero-order valence-electron chi connectivity index (χ0n) is 14.0. The van der Waals surface area contributed by atoms with E-state index >= 15 is 0 Å². The van der Waals surface area contributed by atoms with Crippen LogP contribution in [0.15, 0.2) is 48.5 Å². The van der Waals surface area contributed by atoms with Crippen LogP contribution in [-0.2, 0) is 37.5 Å². The van der Waals surface area contributed by atoms with Crippen molar-refractivity contribution in [1.29, 1.82) is 0 Å². The fraction of sp³-hybridized carbons (Fsp3) is 0.278. The molecule has 119 valence electrons. The molecular formula is C18H24O3Y-2. The summed E-state index contributed by atoms with van der Waals surface area (Å²) < 4.78 is 9.40. The molecule has 22 heavy (non-hydrogen) atoms. The number of hydrogen-bond acceptors (Lipinski definition) is 3. The molecule has 0 atom stereocenters. The van der Waals surface area contributed by atoms with Crippen molar-refractivity contribution < 1.29 is 47.0 Å². The van der Waals surface area contributed by atoms with E-state index in [2.05, 4.69) is 16.9 Å². The van der Waals surface area contributed by atoms with Gasteiger partial charge in [0.2, 0.25) is 0 Å². The van der Waals surface area contributed by atoms with Crippen LogP contribution in [0.2, 0.25) is 0 Å². The summed E-state index contributed by atoms with van der Waals surface area (Å²) in [5, 5.41) is 0. The Labute approximate surface area is 159 Å². The van der Waals surface area contributed by atoms with Gasteiger partial charge in [-0.25, -0.2) is 0 Å². The number of benzene rings is 2. The molecule has 0 spiro atoms. The number of carbonyl (C=O) groups is 1. The van der Waals surface area contributed by atoms with E-state index in [1.54, 1.807) is 31.4 Å². The smallest absolute Gasteiger partial charge is 0.296 e. The van der Waals surface area contributed by atoms with E-state index in [0.717, 1.165) is 5.75 Å². The molecule has 2 aromatic carbocycles. The molecule has 4 heteroatoms. The first-order valence-electron chi connectivity index (χ1n) is 6.93. The summed E-state index contributed by atoms with van der Waals surface area (Å²) in [4.78, 5) is 9.74. The van der Waals surface area contributed by atoms with Crippen molar-refractivity contribution in [3.05, 3.63) is 60.7 Å². The minimum Gasteiger partial charge on any atom is -0.522 e. The molecular weight excluding hydrogens is 353 g/mol. The van der Waals surface area contributed by atoms with Crippen LogP contribution < -0.4 is 9.47 Å². The molecule has 0 aliphatic heterocycles. The molecule has 0 unspecified atom stereocenters. The second-order valence-electron chi connectivity index (χ2n) is 2.89. The van der Waals surface area contributed by atoms with E-state index < -0.39 is 0 Å². The largest absolute Gasteiger partial charge is 0.522 e. The maximum absolute atomic E-state index is 9.74. The van der Waals surface area contributed by atoms with E-state index in [0.29, 0.717) is 12.2 Å². The Hall–Kier alpha value is -1.19. The molecule has 0 aromatic heterocycles. The predicted molar refractivity (Wildman–Crippen MR) is 86.5 cm³/mol. The Balaban J connectivity index is -0.000000259. The summed E-state index contributed by atoms with van der Waals surface area (Å²) in [7, 11) is 1.65. The molecule has 1 radical (unpaired) electrons. The number of methoxy groups -OCH3 is 1. The standard InChI is InChI=1S/C7H5O2.C7H7O.2C2H6.Y/c8-6-9-7-4-2-1-3-5-7;1-8-7-5-3-2-4-6-7;2*1-2;/h2-6H;3-6H,1H3;2*1-2H3;/q2*-1;;;. The van der Waals surface area contributed by atoms with Crippen molar-refractivity contribution in [3.63, 3.8) is 0 Å². The number of rotatable bonds is 3. The Kier molecular flexibility index (Phi) is 25.9. The Morgan fingerprint density at radius 3 is 1.45 bits per heavy atom. The summed E-state index contributed by atoms with van der Waals surface area (Å²) in [5.41, 5.74) is 0. The zero-order valence-corrected chi connectivity index (χ0v) is 16.8. The number of carbonyl (C=O) groups excluding carboxylic acids is 1. The van der Waals surface area contributed by atoms with Gasteiger partial charge in [-0.3, -0.25) is 4.79 Å². The van der Waals surface area contributed by atoms with Crippen molar-refractivity contribution in [2.24, 2.45) is 0 Å². The van der Waals surface area contributed by atoms with Crippen LogP contribution in [0.5, 0.6) is 11.5 Å². The van der Waals surface area contributed by atoms with Crippen LogP contribution in [0.1, 0.15) is 27.7 Å². The summed E-state index contributed by atoms with van der Waals surface area (Å²) in [6.07, 6.45) is 0. The SMILES string of the molecule is CC.CC.COc1cc[c-]cc1.O=COc1cc[c-]cc1.[Y]. The van der Waals surface area contributed by atoms with Gasteiger partial charge in [-0.2, -0.15) is 36.4 Å². The van der Waals surface area contributed by atoms with Gasteiger partial charge < -0.3 is 9.47 Å². The summed E-state index contributed by atoms with van der Waals surface area (Å²) in [6.45, 7) is 8.40. The predicted octanol–water partition coefficient (Wildman–Crippen LogP) is 4.57. The van der Waals surface area contributed by atoms with Gasteiger partial charge in [-0.1, -0.05) is 27.7 Å². The monoisotopic (exact) mass is 377 g/mol. The first-order chi connectivity index (χ1) is 10.4. The average molecular weight is 377 g/mol. The van der Waals surface area contributed by atoms with Gasteiger partial charge in [0.1, 0.15) is 0 Å². The van der Waals surface area contributed by atoms with Crippen LogP contribution in [0.4, 0.5) is 0 Å². The summed E-state index contributed by atoms with van der Waals surface area (Å²) in [5.74, 6) is 1.42. The van der Waals surface area contributed by atoms with Crippen molar-refractivity contribution >= 4 is 6.47 Å². The zero-order chi connectivity index (χ0) is 16.3. The quantitative estimate of drug-likeness (QED) is 0.581. The first kappa shape index (κ1) is 25.7. The number of hydrogen-bond donors (Lipinski definition) is 0. The Bertz CT molecular complexity index is 419. The second kappa shape index (κ2) is 22.1. The van der Waals surface area contributed by atoms with Gasteiger partial charge in [0.05, 0.1) is 7.11 Å². The fourth-order valence-corrected chi connectivity index (χ4v) is 1.01. The average Bonchev–Trinajstić information content (AvgIpc) is 2.61. The van der Waals surface area contributed by atoms with E-state index in [1.807, 2.05) is 52.0 Å². The van der Waals surface area contributed by atoms with Crippen LogP contribution in [0.25, 0.3) is 0 Å². The van der Waals surface area contributed by atoms with Crippen LogP contribution in [0.3, 0.4) is 0 Å². The van der Waals surface area contributed by atoms with Crippen LogP contribution in [-0.4, -0.2) is 13.6 Å². The third kappa shape index (κ3) is 15.2. The van der Waals surface area contributed by atoms with E-state index in [1.165, 1.54) is 0 Å². The minimum atomic E-state index is 0. The third-order valence-electron chi connectivity index (χ3n) is 1.80. The topological polar surface area (TPSA) is 35.5 Å². The van der Waals surface area contributed by atoms with Crippen molar-refractivity contribution in [2.75, 3.05) is 7.11 Å². The molecule has 0 aliphatic carbocycles. The molecule has 0 N–H and O–H groups in total. The van der Waals surface area contributed by atoms with Gasteiger partial charge in [0.15, 0.2) is 0 Å². The molecule has 0 saturated carbocycles. The van der Waals surface area contributed by atoms with Gasteiger partial charge in [-0.15, -0.1) is 24.3 Å². The van der Waals surface area contributed by atoms with Gasteiger partial charge >= 0.3 is 0 Å². The first-order valence-corrected chi connectivity index (χ1v) is 6.93. The third-order valence-corrected chi connectivity index (χ3v) is 1.80. The van der Waals surface area contributed by atoms with Crippen LogP contribution in [0, 0.1) is 12.1 Å². The Morgan fingerprint density at radius 2 is 1.18 bits per heavy atom. The minimum absolute atomic E-state index is 0. The molecule has 0 aliphatic rings. The number of ether oxygens (including phenoxy) is 2. The van der Waals surface area contributed by atoms with Crippen LogP contribution >= 0.6 is 0 Å². The van der Waals surface area contributed by atoms with Crippen molar-refractivity contribution in [1.82, 2.24) is 0 Å². The molecule has 0 fully saturated rings. The summed E-state index contributed by atoms with van der Waals surface area (Å²) in [6, 6.07) is 19.7. The molecule has 0 heterocycles.